The largest absolute Gasteiger partial charge is 0.340 e. The zero-order chi connectivity index (χ0) is 10.6. The first-order valence-electron chi connectivity index (χ1n) is 5.61. The van der Waals surface area contributed by atoms with Crippen LogP contribution in [-0.2, 0) is 4.79 Å². The van der Waals surface area contributed by atoms with Crippen LogP contribution in [0.3, 0.4) is 0 Å². The number of nitrogens with one attached hydrogen (secondary N) is 1. The van der Waals surface area contributed by atoms with E-state index in [-0.39, 0.29) is 0 Å². The average molecular weight is 198 g/mol. The van der Waals surface area contributed by atoms with Crippen LogP contribution in [0.4, 0.5) is 0 Å². The quantitative estimate of drug-likeness (QED) is 0.740. The number of hydrogen-bond acceptors (Lipinski definition) is 2. The first kappa shape index (κ1) is 11.5. The molecule has 1 amide bonds. The van der Waals surface area contributed by atoms with Crippen LogP contribution in [0.15, 0.2) is 0 Å². The molecule has 0 aromatic heterocycles. The molecule has 0 aromatic carbocycles. The Hall–Kier alpha value is -0.570. The SMILES string of the molecule is CNCCC(=O)N1CCCC(C)C1C. The highest BCUT2D eigenvalue weighted by Gasteiger charge is 2.27. The van der Waals surface area contributed by atoms with Gasteiger partial charge >= 0.3 is 0 Å². The predicted molar refractivity (Wildman–Crippen MR) is 58.1 cm³/mol. The van der Waals surface area contributed by atoms with Gasteiger partial charge in [0.1, 0.15) is 0 Å². The molecule has 2 atom stereocenters. The first-order valence-corrected chi connectivity index (χ1v) is 5.61. The van der Waals surface area contributed by atoms with Gasteiger partial charge in [-0.2, -0.15) is 0 Å². The lowest BCUT2D eigenvalue weighted by atomic mass is 9.92. The van der Waals surface area contributed by atoms with Crippen molar-refractivity contribution < 1.29 is 4.79 Å². The minimum atomic E-state index is 0.304. The van der Waals surface area contributed by atoms with Crippen LogP contribution in [0.25, 0.3) is 0 Å². The van der Waals surface area contributed by atoms with E-state index in [1.54, 1.807) is 0 Å². The van der Waals surface area contributed by atoms with Crippen molar-refractivity contribution in [1.82, 2.24) is 10.2 Å². The summed E-state index contributed by atoms with van der Waals surface area (Å²) in [5, 5.41) is 3.02. The molecular weight excluding hydrogens is 176 g/mol. The van der Waals surface area contributed by atoms with Gasteiger partial charge in [-0.1, -0.05) is 6.92 Å². The van der Waals surface area contributed by atoms with Crippen LogP contribution in [0.1, 0.15) is 33.1 Å². The van der Waals surface area contributed by atoms with E-state index in [0.717, 1.165) is 19.5 Å². The van der Waals surface area contributed by atoms with Crippen LogP contribution in [-0.4, -0.2) is 37.0 Å². The zero-order valence-corrected chi connectivity index (χ0v) is 9.55. The third-order valence-corrected chi connectivity index (χ3v) is 3.28. The molecule has 0 saturated carbocycles. The van der Waals surface area contributed by atoms with Crippen LogP contribution >= 0.6 is 0 Å². The number of nitrogens with zero attached hydrogens (tertiary/aromatic N) is 1. The van der Waals surface area contributed by atoms with Gasteiger partial charge in [0, 0.05) is 25.6 Å². The van der Waals surface area contributed by atoms with Crippen molar-refractivity contribution in [3.05, 3.63) is 0 Å². The lowest BCUT2D eigenvalue weighted by Crippen LogP contribution is -2.46. The van der Waals surface area contributed by atoms with E-state index in [1.165, 1.54) is 6.42 Å². The summed E-state index contributed by atoms with van der Waals surface area (Å²) in [6.07, 6.45) is 3.06. The molecule has 3 heteroatoms. The molecule has 0 bridgehead atoms. The lowest BCUT2D eigenvalue weighted by Gasteiger charge is -2.38. The Bertz CT molecular complexity index is 194. The molecule has 1 aliphatic heterocycles. The first-order chi connectivity index (χ1) is 6.66. The fourth-order valence-electron chi connectivity index (χ4n) is 2.06. The maximum absolute atomic E-state index is 11.8. The summed E-state index contributed by atoms with van der Waals surface area (Å²) in [6, 6.07) is 0.424. The van der Waals surface area contributed by atoms with Gasteiger partial charge in [0.05, 0.1) is 0 Å². The number of piperidine rings is 1. The summed E-state index contributed by atoms with van der Waals surface area (Å²) in [5.41, 5.74) is 0. The highest BCUT2D eigenvalue weighted by atomic mass is 16.2. The number of carbonyl (C=O) groups is 1. The smallest absolute Gasteiger partial charge is 0.224 e. The number of carbonyl (C=O) groups excluding carboxylic acids is 1. The van der Waals surface area contributed by atoms with Crippen LogP contribution < -0.4 is 5.32 Å². The Morgan fingerprint density at radius 3 is 2.86 bits per heavy atom. The molecule has 14 heavy (non-hydrogen) atoms. The van der Waals surface area contributed by atoms with Crippen molar-refractivity contribution in [2.45, 2.75) is 39.2 Å². The molecule has 0 spiro atoms. The Morgan fingerprint density at radius 1 is 1.50 bits per heavy atom. The minimum Gasteiger partial charge on any atom is -0.340 e. The molecule has 1 fully saturated rings. The van der Waals surface area contributed by atoms with Crippen molar-refractivity contribution >= 4 is 5.91 Å². The summed E-state index contributed by atoms with van der Waals surface area (Å²) in [7, 11) is 1.88. The molecule has 1 N–H and O–H groups in total. The zero-order valence-electron chi connectivity index (χ0n) is 9.55. The van der Waals surface area contributed by atoms with Gasteiger partial charge < -0.3 is 10.2 Å². The summed E-state index contributed by atoms with van der Waals surface area (Å²) in [4.78, 5) is 13.8. The molecule has 1 heterocycles. The molecule has 0 aliphatic carbocycles. The highest BCUT2D eigenvalue weighted by molar-refractivity contribution is 5.76. The topological polar surface area (TPSA) is 32.3 Å². The van der Waals surface area contributed by atoms with Crippen molar-refractivity contribution in [2.24, 2.45) is 5.92 Å². The Morgan fingerprint density at radius 2 is 2.21 bits per heavy atom. The Labute approximate surface area is 86.9 Å². The molecule has 82 valence electrons. The van der Waals surface area contributed by atoms with Crippen LogP contribution in [0.5, 0.6) is 0 Å². The monoisotopic (exact) mass is 198 g/mol. The number of amides is 1. The minimum absolute atomic E-state index is 0.304. The van der Waals surface area contributed by atoms with E-state index in [4.69, 9.17) is 0 Å². The Balaban J connectivity index is 2.44. The van der Waals surface area contributed by atoms with E-state index >= 15 is 0 Å². The maximum Gasteiger partial charge on any atom is 0.224 e. The molecule has 0 radical (unpaired) electrons. The van der Waals surface area contributed by atoms with Gasteiger partial charge in [-0.05, 0) is 32.7 Å². The summed E-state index contributed by atoms with van der Waals surface area (Å²) < 4.78 is 0. The third kappa shape index (κ3) is 2.71. The molecule has 0 aromatic rings. The molecule has 2 unspecified atom stereocenters. The second kappa shape index (κ2) is 5.35. The highest BCUT2D eigenvalue weighted by Crippen LogP contribution is 2.23. The third-order valence-electron chi connectivity index (χ3n) is 3.28. The number of rotatable bonds is 3. The normalized spacial score (nSPS) is 27.8. The fraction of sp³-hybridized carbons (Fsp3) is 0.909. The average Bonchev–Trinajstić information content (AvgIpc) is 2.18. The van der Waals surface area contributed by atoms with Crippen molar-refractivity contribution in [3.63, 3.8) is 0 Å². The molecule has 1 rings (SSSR count). The molecule has 3 nitrogen and oxygen atoms in total. The van der Waals surface area contributed by atoms with Gasteiger partial charge in [-0.25, -0.2) is 0 Å². The van der Waals surface area contributed by atoms with Gasteiger partial charge in [-0.3, -0.25) is 4.79 Å². The fourth-order valence-corrected chi connectivity index (χ4v) is 2.06. The van der Waals surface area contributed by atoms with Gasteiger partial charge in [0.2, 0.25) is 5.91 Å². The molecule has 1 aliphatic rings. The summed E-state index contributed by atoms with van der Waals surface area (Å²) >= 11 is 0. The van der Waals surface area contributed by atoms with E-state index in [0.29, 0.717) is 24.3 Å². The summed E-state index contributed by atoms with van der Waals surface area (Å²) in [5.74, 6) is 0.959. The number of likely N-dealkylation sites (tertiary alicyclic amines) is 1. The standard InChI is InChI=1S/C11H22N2O/c1-9-5-4-8-13(10(9)2)11(14)6-7-12-3/h9-10,12H,4-8H2,1-3H3. The van der Waals surface area contributed by atoms with E-state index in [1.807, 2.05) is 11.9 Å². The van der Waals surface area contributed by atoms with E-state index in [9.17, 15) is 4.79 Å². The van der Waals surface area contributed by atoms with E-state index < -0.39 is 0 Å². The van der Waals surface area contributed by atoms with Crippen molar-refractivity contribution in [1.29, 1.82) is 0 Å². The van der Waals surface area contributed by atoms with Crippen molar-refractivity contribution in [3.8, 4) is 0 Å². The molecule has 1 saturated heterocycles. The van der Waals surface area contributed by atoms with E-state index in [2.05, 4.69) is 19.2 Å². The second-order valence-corrected chi connectivity index (χ2v) is 4.30. The second-order valence-electron chi connectivity index (χ2n) is 4.30. The lowest BCUT2D eigenvalue weighted by molar-refractivity contribution is -0.135. The number of hydrogen-bond donors (Lipinski definition) is 1. The molecular formula is C11H22N2O. The van der Waals surface area contributed by atoms with Crippen LogP contribution in [0, 0.1) is 5.92 Å². The predicted octanol–water partition coefficient (Wildman–Crippen LogP) is 1.24. The van der Waals surface area contributed by atoms with Gasteiger partial charge in [0.15, 0.2) is 0 Å². The summed E-state index contributed by atoms with van der Waals surface area (Å²) in [6.45, 7) is 6.15. The van der Waals surface area contributed by atoms with Crippen molar-refractivity contribution in [2.75, 3.05) is 20.1 Å². The van der Waals surface area contributed by atoms with Gasteiger partial charge in [-0.15, -0.1) is 0 Å². The Kier molecular flexibility index (Phi) is 4.39. The van der Waals surface area contributed by atoms with Crippen LogP contribution in [0.2, 0.25) is 0 Å². The van der Waals surface area contributed by atoms with Gasteiger partial charge in [0.25, 0.3) is 0 Å². The maximum atomic E-state index is 11.8.